The number of hydrogen-bond acceptors (Lipinski definition) is 2. The second kappa shape index (κ2) is 5.88. The molecule has 1 atom stereocenters. The molecule has 0 saturated heterocycles. The third-order valence-corrected chi connectivity index (χ3v) is 3.80. The van der Waals surface area contributed by atoms with Gasteiger partial charge in [0.1, 0.15) is 17.3 Å². The van der Waals surface area contributed by atoms with E-state index < -0.39 is 0 Å². The van der Waals surface area contributed by atoms with Crippen molar-refractivity contribution in [1.82, 2.24) is 5.32 Å². The van der Waals surface area contributed by atoms with Crippen molar-refractivity contribution in [1.29, 1.82) is 0 Å². The highest BCUT2D eigenvalue weighted by molar-refractivity contribution is 9.10. The Labute approximate surface area is 121 Å². The number of aryl methyl sites for hydroxylation is 1. The third kappa shape index (κ3) is 3.25. The van der Waals surface area contributed by atoms with E-state index in [1.807, 2.05) is 26.1 Å². The smallest absolute Gasteiger partial charge is 0.137 e. The zero-order chi connectivity index (χ0) is 14.0. The van der Waals surface area contributed by atoms with Crippen molar-refractivity contribution < 1.29 is 8.81 Å². The number of furan rings is 1. The van der Waals surface area contributed by atoms with Crippen LogP contribution in [-0.2, 0) is 6.42 Å². The van der Waals surface area contributed by atoms with Crippen molar-refractivity contribution >= 4 is 15.9 Å². The third-order valence-electron chi connectivity index (χ3n) is 3.19. The van der Waals surface area contributed by atoms with E-state index in [0.717, 1.165) is 29.1 Å². The van der Waals surface area contributed by atoms with E-state index in [2.05, 4.69) is 28.2 Å². The first-order chi connectivity index (χ1) is 9.01. The van der Waals surface area contributed by atoms with Gasteiger partial charge in [-0.1, -0.05) is 0 Å². The van der Waals surface area contributed by atoms with Crippen molar-refractivity contribution in [2.75, 3.05) is 7.05 Å². The van der Waals surface area contributed by atoms with Crippen LogP contribution >= 0.6 is 15.9 Å². The molecule has 0 saturated carbocycles. The van der Waals surface area contributed by atoms with E-state index in [9.17, 15) is 4.39 Å². The minimum absolute atomic E-state index is 0.253. The Balaban J connectivity index is 2.30. The lowest BCUT2D eigenvalue weighted by Crippen LogP contribution is -2.23. The Bertz CT molecular complexity index is 580. The topological polar surface area (TPSA) is 25.2 Å². The van der Waals surface area contributed by atoms with E-state index in [0.29, 0.717) is 10.5 Å². The summed E-state index contributed by atoms with van der Waals surface area (Å²) >= 11 is 3.21. The molecule has 2 rings (SSSR count). The SMILES string of the molecule is CNC(C)Cc1ccc(-c2cc(Br)c(F)cc2C)o1. The zero-order valence-corrected chi connectivity index (χ0v) is 12.8. The molecule has 0 amide bonds. The fourth-order valence-electron chi connectivity index (χ4n) is 1.95. The summed E-state index contributed by atoms with van der Waals surface area (Å²) in [6.07, 6.45) is 0.831. The Morgan fingerprint density at radius 2 is 2.11 bits per heavy atom. The molecule has 0 aliphatic heterocycles. The molecule has 2 aromatic rings. The fourth-order valence-corrected chi connectivity index (χ4v) is 2.29. The van der Waals surface area contributed by atoms with Gasteiger partial charge in [0, 0.05) is 18.0 Å². The van der Waals surface area contributed by atoms with Crippen LogP contribution in [0.5, 0.6) is 0 Å². The molecule has 0 radical (unpaired) electrons. The lowest BCUT2D eigenvalue weighted by atomic mass is 10.1. The molecular formula is C15H17BrFNO. The molecule has 19 heavy (non-hydrogen) atoms. The number of nitrogens with one attached hydrogen (secondary N) is 1. The quantitative estimate of drug-likeness (QED) is 0.906. The monoisotopic (exact) mass is 325 g/mol. The zero-order valence-electron chi connectivity index (χ0n) is 11.3. The minimum atomic E-state index is -0.253. The van der Waals surface area contributed by atoms with Gasteiger partial charge in [-0.05, 0) is 66.7 Å². The van der Waals surface area contributed by atoms with Gasteiger partial charge in [0.2, 0.25) is 0 Å². The first kappa shape index (κ1) is 14.3. The normalized spacial score (nSPS) is 12.7. The molecule has 0 fully saturated rings. The maximum absolute atomic E-state index is 13.4. The lowest BCUT2D eigenvalue weighted by molar-refractivity contribution is 0.481. The molecule has 4 heteroatoms. The first-order valence-corrected chi connectivity index (χ1v) is 7.02. The van der Waals surface area contributed by atoms with Gasteiger partial charge in [-0.2, -0.15) is 0 Å². The van der Waals surface area contributed by atoms with Crippen molar-refractivity contribution in [3.8, 4) is 11.3 Å². The standard InChI is InChI=1S/C15H17BrFNO/c1-9-6-14(17)13(16)8-12(9)15-5-4-11(19-15)7-10(2)18-3/h4-6,8,10,18H,7H2,1-3H3. The molecule has 2 nitrogen and oxygen atoms in total. The van der Waals surface area contributed by atoms with Crippen LogP contribution in [0.3, 0.4) is 0 Å². The van der Waals surface area contributed by atoms with Gasteiger partial charge in [0.05, 0.1) is 4.47 Å². The number of benzene rings is 1. The maximum atomic E-state index is 13.4. The molecule has 1 aromatic carbocycles. The predicted molar refractivity (Wildman–Crippen MR) is 78.8 cm³/mol. The van der Waals surface area contributed by atoms with Gasteiger partial charge in [-0.15, -0.1) is 0 Å². The van der Waals surface area contributed by atoms with Gasteiger partial charge >= 0.3 is 0 Å². The summed E-state index contributed by atoms with van der Waals surface area (Å²) < 4.78 is 19.7. The van der Waals surface area contributed by atoms with Gasteiger partial charge in [-0.25, -0.2) is 4.39 Å². The Hall–Kier alpha value is -1.13. The average molecular weight is 326 g/mol. The highest BCUT2D eigenvalue weighted by atomic mass is 79.9. The van der Waals surface area contributed by atoms with Gasteiger partial charge in [0.15, 0.2) is 0 Å². The van der Waals surface area contributed by atoms with Crippen LogP contribution in [0.25, 0.3) is 11.3 Å². The van der Waals surface area contributed by atoms with Crippen molar-refractivity contribution in [3.05, 3.63) is 45.9 Å². The van der Waals surface area contributed by atoms with Gasteiger partial charge < -0.3 is 9.73 Å². The van der Waals surface area contributed by atoms with Crippen molar-refractivity contribution in [2.24, 2.45) is 0 Å². The van der Waals surface area contributed by atoms with Crippen LogP contribution in [0, 0.1) is 12.7 Å². The van der Waals surface area contributed by atoms with E-state index in [4.69, 9.17) is 4.42 Å². The molecule has 1 unspecified atom stereocenters. The predicted octanol–water partition coefficient (Wildman–Crippen LogP) is 4.31. The fraction of sp³-hybridized carbons (Fsp3) is 0.333. The largest absolute Gasteiger partial charge is 0.461 e. The molecule has 0 spiro atoms. The average Bonchev–Trinajstić information content (AvgIpc) is 2.82. The summed E-state index contributed by atoms with van der Waals surface area (Å²) in [5.74, 6) is 1.45. The maximum Gasteiger partial charge on any atom is 0.137 e. The number of hydrogen-bond donors (Lipinski definition) is 1. The summed E-state index contributed by atoms with van der Waals surface area (Å²) in [6, 6.07) is 7.54. The molecule has 0 aliphatic rings. The number of halogens is 2. The summed E-state index contributed by atoms with van der Waals surface area (Å²) in [7, 11) is 1.93. The van der Waals surface area contributed by atoms with Gasteiger partial charge in [-0.3, -0.25) is 0 Å². The van der Waals surface area contributed by atoms with E-state index in [1.54, 1.807) is 6.07 Å². The molecule has 0 bridgehead atoms. The summed E-state index contributed by atoms with van der Waals surface area (Å²) in [4.78, 5) is 0. The van der Waals surface area contributed by atoms with Crippen LogP contribution in [0.1, 0.15) is 18.2 Å². The molecular weight excluding hydrogens is 309 g/mol. The molecule has 1 aromatic heterocycles. The van der Waals surface area contributed by atoms with Crippen LogP contribution < -0.4 is 5.32 Å². The summed E-state index contributed by atoms with van der Waals surface area (Å²) in [5, 5.41) is 3.17. The molecule has 1 heterocycles. The second-order valence-electron chi connectivity index (χ2n) is 4.74. The number of likely N-dealkylation sites (N-methyl/N-ethyl adjacent to an activating group) is 1. The van der Waals surface area contributed by atoms with Crippen LogP contribution in [-0.4, -0.2) is 13.1 Å². The Morgan fingerprint density at radius 1 is 1.37 bits per heavy atom. The van der Waals surface area contributed by atoms with Crippen LogP contribution in [0.4, 0.5) is 4.39 Å². The molecule has 102 valence electrons. The first-order valence-electron chi connectivity index (χ1n) is 6.23. The van der Waals surface area contributed by atoms with E-state index in [1.165, 1.54) is 6.07 Å². The minimum Gasteiger partial charge on any atom is -0.461 e. The highest BCUT2D eigenvalue weighted by Gasteiger charge is 2.12. The molecule has 1 N–H and O–H groups in total. The van der Waals surface area contributed by atoms with Crippen LogP contribution in [0.15, 0.2) is 33.2 Å². The van der Waals surface area contributed by atoms with E-state index >= 15 is 0 Å². The Kier molecular flexibility index (Phi) is 4.42. The van der Waals surface area contributed by atoms with E-state index in [-0.39, 0.29) is 5.82 Å². The molecule has 0 aliphatic carbocycles. The summed E-state index contributed by atoms with van der Waals surface area (Å²) in [5.41, 5.74) is 1.78. The van der Waals surface area contributed by atoms with Crippen molar-refractivity contribution in [2.45, 2.75) is 26.3 Å². The second-order valence-corrected chi connectivity index (χ2v) is 5.60. The highest BCUT2D eigenvalue weighted by Crippen LogP contribution is 2.30. The van der Waals surface area contributed by atoms with Crippen LogP contribution in [0.2, 0.25) is 0 Å². The van der Waals surface area contributed by atoms with Crippen molar-refractivity contribution in [3.63, 3.8) is 0 Å². The Morgan fingerprint density at radius 3 is 2.79 bits per heavy atom. The summed E-state index contributed by atoms with van der Waals surface area (Å²) in [6.45, 7) is 3.98. The lowest BCUT2D eigenvalue weighted by Gasteiger charge is -2.07. The van der Waals surface area contributed by atoms with Gasteiger partial charge in [0.25, 0.3) is 0 Å². The number of rotatable bonds is 4.